The minimum atomic E-state index is 0.0605. The van der Waals surface area contributed by atoms with E-state index in [1.165, 1.54) is 16.7 Å². The molecule has 2 N–H and O–H groups in total. The Kier molecular flexibility index (Phi) is 4.38. The van der Waals surface area contributed by atoms with Crippen molar-refractivity contribution in [3.05, 3.63) is 39.7 Å². The molecule has 0 bridgehead atoms. The smallest absolute Gasteiger partial charge is 0.110 e. The van der Waals surface area contributed by atoms with Crippen LogP contribution in [0.3, 0.4) is 0 Å². The Bertz CT molecular complexity index is 558. The van der Waals surface area contributed by atoms with E-state index in [4.69, 9.17) is 10.7 Å². The van der Waals surface area contributed by atoms with Crippen LogP contribution >= 0.6 is 11.3 Å². The van der Waals surface area contributed by atoms with E-state index in [2.05, 4.69) is 51.3 Å². The van der Waals surface area contributed by atoms with Crippen LogP contribution in [-0.2, 0) is 0 Å². The summed E-state index contributed by atoms with van der Waals surface area (Å²) >= 11 is 1.67. The second-order valence-electron chi connectivity index (χ2n) is 5.61. The van der Waals surface area contributed by atoms with Crippen LogP contribution in [0.4, 0.5) is 0 Å². The quantitative estimate of drug-likeness (QED) is 0.893. The lowest BCUT2D eigenvalue weighted by Gasteiger charge is -2.10. The van der Waals surface area contributed by atoms with Crippen LogP contribution in [0.25, 0.3) is 11.3 Å². The highest BCUT2D eigenvalue weighted by Crippen LogP contribution is 2.28. The number of thiazole rings is 1. The maximum absolute atomic E-state index is 6.19. The largest absolute Gasteiger partial charge is 0.322 e. The van der Waals surface area contributed by atoms with E-state index in [1.54, 1.807) is 11.3 Å². The fourth-order valence-corrected chi connectivity index (χ4v) is 2.94. The van der Waals surface area contributed by atoms with Crippen molar-refractivity contribution < 1.29 is 0 Å². The first-order valence-corrected chi connectivity index (χ1v) is 7.64. The van der Waals surface area contributed by atoms with E-state index in [0.29, 0.717) is 5.92 Å². The SMILES string of the molecule is Cc1ccc(-c2csc(C(N)CC(C)C)n2)cc1C. The molecule has 0 spiro atoms. The molecule has 1 aromatic carbocycles. The minimum absolute atomic E-state index is 0.0605. The number of rotatable bonds is 4. The van der Waals surface area contributed by atoms with Gasteiger partial charge >= 0.3 is 0 Å². The molecule has 0 aliphatic carbocycles. The molecule has 0 saturated heterocycles. The zero-order valence-corrected chi connectivity index (χ0v) is 12.9. The van der Waals surface area contributed by atoms with E-state index >= 15 is 0 Å². The highest BCUT2D eigenvalue weighted by Gasteiger charge is 2.13. The van der Waals surface area contributed by atoms with Crippen molar-refractivity contribution in [3.8, 4) is 11.3 Å². The number of aryl methyl sites for hydroxylation is 2. The van der Waals surface area contributed by atoms with Crippen LogP contribution in [0.5, 0.6) is 0 Å². The van der Waals surface area contributed by atoms with Gasteiger partial charge in [-0.15, -0.1) is 11.3 Å². The number of nitrogens with zero attached hydrogens (tertiary/aromatic N) is 1. The molecule has 102 valence electrons. The average molecular weight is 274 g/mol. The van der Waals surface area contributed by atoms with Crippen molar-refractivity contribution in [2.75, 3.05) is 0 Å². The second-order valence-corrected chi connectivity index (χ2v) is 6.50. The highest BCUT2D eigenvalue weighted by molar-refractivity contribution is 7.10. The zero-order chi connectivity index (χ0) is 14.0. The lowest BCUT2D eigenvalue weighted by atomic mass is 10.0. The summed E-state index contributed by atoms with van der Waals surface area (Å²) in [5.74, 6) is 0.601. The van der Waals surface area contributed by atoms with Gasteiger partial charge < -0.3 is 5.73 Å². The van der Waals surface area contributed by atoms with E-state index in [9.17, 15) is 0 Å². The molecule has 2 aromatic rings. The van der Waals surface area contributed by atoms with E-state index < -0.39 is 0 Å². The van der Waals surface area contributed by atoms with Crippen LogP contribution in [0.2, 0.25) is 0 Å². The van der Waals surface area contributed by atoms with Gasteiger partial charge in [0.15, 0.2) is 0 Å². The maximum Gasteiger partial charge on any atom is 0.110 e. The third-order valence-electron chi connectivity index (χ3n) is 3.37. The van der Waals surface area contributed by atoms with Crippen molar-refractivity contribution in [2.45, 2.75) is 40.2 Å². The van der Waals surface area contributed by atoms with Crippen molar-refractivity contribution in [1.82, 2.24) is 4.98 Å². The molecule has 1 heterocycles. The zero-order valence-electron chi connectivity index (χ0n) is 12.1. The van der Waals surface area contributed by atoms with Gasteiger partial charge in [-0.1, -0.05) is 26.0 Å². The van der Waals surface area contributed by atoms with Gasteiger partial charge in [0, 0.05) is 10.9 Å². The number of benzene rings is 1. The second kappa shape index (κ2) is 5.85. The Hall–Kier alpha value is -1.19. The summed E-state index contributed by atoms with van der Waals surface area (Å²) in [7, 11) is 0. The Morgan fingerprint density at radius 1 is 1.21 bits per heavy atom. The first-order valence-electron chi connectivity index (χ1n) is 6.76. The molecular weight excluding hydrogens is 252 g/mol. The summed E-state index contributed by atoms with van der Waals surface area (Å²) in [6.07, 6.45) is 0.986. The fraction of sp³-hybridized carbons (Fsp3) is 0.438. The molecule has 1 aromatic heterocycles. The summed E-state index contributed by atoms with van der Waals surface area (Å²) < 4.78 is 0. The first-order chi connectivity index (χ1) is 8.97. The summed E-state index contributed by atoms with van der Waals surface area (Å²) in [6.45, 7) is 8.65. The molecule has 1 unspecified atom stereocenters. The Labute approximate surface area is 119 Å². The van der Waals surface area contributed by atoms with Crippen LogP contribution in [0.15, 0.2) is 23.6 Å². The van der Waals surface area contributed by atoms with Crippen molar-refractivity contribution in [1.29, 1.82) is 0 Å². The van der Waals surface area contributed by atoms with Gasteiger partial charge in [0.1, 0.15) is 5.01 Å². The molecule has 1 atom stereocenters. The van der Waals surface area contributed by atoms with Crippen molar-refractivity contribution >= 4 is 11.3 Å². The lowest BCUT2D eigenvalue weighted by molar-refractivity contribution is 0.508. The van der Waals surface area contributed by atoms with E-state index in [-0.39, 0.29) is 6.04 Å². The third-order valence-corrected chi connectivity index (χ3v) is 4.34. The Morgan fingerprint density at radius 3 is 2.58 bits per heavy atom. The molecule has 0 saturated carbocycles. The number of hydrogen-bond acceptors (Lipinski definition) is 3. The van der Waals surface area contributed by atoms with Crippen molar-refractivity contribution in [2.24, 2.45) is 11.7 Å². The summed E-state index contributed by atoms with van der Waals surface area (Å²) in [5.41, 5.74) is 11.0. The third kappa shape index (κ3) is 3.43. The molecule has 2 nitrogen and oxygen atoms in total. The molecule has 0 radical (unpaired) electrons. The van der Waals surface area contributed by atoms with Crippen LogP contribution in [0, 0.1) is 19.8 Å². The molecular formula is C16H22N2S. The fourth-order valence-electron chi connectivity index (χ4n) is 2.10. The predicted octanol–water partition coefficient (Wildman–Crippen LogP) is 4.47. The predicted molar refractivity (Wildman–Crippen MR) is 83.4 cm³/mol. The molecule has 0 aliphatic heterocycles. The van der Waals surface area contributed by atoms with Gasteiger partial charge in [-0.05, 0) is 43.4 Å². The van der Waals surface area contributed by atoms with Gasteiger partial charge in [0.25, 0.3) is 0 Å². The normalized spacial score (nSPS) is 12.9. The molecule has 0 amide bonds. The number of nitrogens with two attached hydrogens (primary N) is 1. The van der Waals surface area contributed by atoms with Crippen LogP contribution in [0.1, 0.15) is 42.4 Å². The number of hydrogen-bond donors (Lipinski definition) is 1. The van der Waals surface area contributed by atoms with Crippen LogP contribution in [-0.4, -0.2) is 4.98 Å². The van der Waals surface area contributed by atoms with Crippen LogP contribution < -0.4 is 5.73 Å². The van der Waals surface area contributed by atoms with Crippen molar-refractivity contribution in [3.63, 3.8) is 0 Å². The molecule has 2 rings (SSSR count). The topological polar surface area (TPSA) is 38.9 Å². The van der Waals surface area contributed by atoms with E-state index in [0.717, 1.165) is 17.1 Å². The average Bonchev–Trinajstić information content (AvgIpc) is 2.81. The highest BCUT2D eigenvalue weighted by atomic mass is 32.1. The Morgan fingerprint density at radius 2 is 1.95 bits per heavy atom. The number of aromatic nitrogens is 1. The maximum atomic E-state index is 6.19. The standard InChI is InChI=1S/C16H22N2S/c1-10(2)7-14(17)16-18-15(9-19-16)13-6-5-11(3)12(4)8-13/h5-6,8-10,14H,7,17H2,1-4H3. The monoisotopic (exact) mass is 274 g/mol. The molecule has 3 heteroatoms. The molecule has 0 fully saturated rings. The minimum Gasteiger partial charge on any atom is -0.322 e. The lowest BCUT2D eigenvalue weighted by Crippen LogP contribution is -2.12. The van der Waals surface area contributed by atoms with E-state index in [1.807, 2.05) is 0 Å². The first kappa shape index (κ1) is 14.2. The van der Waals surface area contributed by atoms with Gasteiger partial charge in [0.05, 0.1) is 11.7 Å². The van der Waals surface area contributed by atoms with Gasteiger partial charge in [-0.3, -0.25) is 0 Å². The summed E-state index contributed by atoms with van der Waals surface area (Å²) in [4.78, 5) is 4.70. The summed E-state index contributed by atoms with van der Waals surface area (Å²) in [5, 5.41) is 3.15. The van der Waals surface area contributed by atoms with Gasteiger partial charge in [-0.25, -0.2) is 4.98 Å². The van der Waals surface area contributed by atoms with Gasteiger partial charge in [-0.2, -0.15) is 0 Å². The molecule has 19 heavy (non-hydrogen) atoms. The van der Waals surface area contributed by atoms with Gasteiger partial charge in [0.2, 0.25) is 0 Å². The summed E-state index contributed by atoms with van der Waals surface area (Å²) in [6, 6.07) is 6.54. The Balaban J connectivity index is 2.22. The molecule has 0 aliphatic rings.